The quantitative estimate of drug-likeness (QED) is 0.175. The maximum Gasteiger partial charge on any atom is 0.165 e. The maximum atomic E-state index is 6.49. The van der Waals surface area contributed by atoms with Crippen LogP contribution in [0.2, 0.25) is 0 Å². The predicted octanol–water partition coefficient (Wildman–Crippen LogP) is 14.1. The van der Waals surface area contributed by atoms with Gasteiger partial charge < -0.3 is 13.6 Å². The minimum absolute atomic E-state index is 0.587. The van der Waals surface area contributed by atoms with Gasteiger partial charge in [0, 0.05) is 60.4 Å². The van der Waals surface area contributed by atoms with Crippen LogP contribution in [0.25, 0.3) is 122 Å². The number of aromatic nitrogens is 5. The van der Waals surface area contributed by atoms with E-state index >= 15 is 0 Å². The van der Waals surface area contributed by atoms with Crippen LogP contribution in [-0.4, -0.2) is 24.1 Å². The Kier molecular flexibility index (Phi) is 7.21. The van der Waals surface area contributed by atoms with Gasteiger partial charge in [-0.15, -0.1) is 0 Å². The molecule has 4 heterocycles. The molecule has 6 nitrogen and oxygen atoms in total. The van der Waals surface area contributed by atoms with Crippen LogP contribution in [-0.2, 0) is 0 Å². The summed E-state index contributed by atoms with van der Waals surface area (Å²) in [6.07, 6.45) is 0. The van der Waals surface area contributed by atoms with Crippen molar-refractivity contribution in [2.75, 3.05) is 0 Å². The van der Waals surface area contributed by atoms with Crippen LogP contribution >= 0.6 is 0 Å². The molecule has 0 radical (unpaired) electrons. The molecule has 0 aliphatic carbocycles. The highest BCUT2D eigenvalue weighted by Crippen LogP contribution is 2.44. The third-order valence-electron chi connectivity index (χ3n) is 12.1. The van der Waals surface area contributed by atoms with Crippen molar-refractivity contribution in [2.24, 2.45) is 0 Å². The zero-order chi connectivity index (χ0) is 40.0. The van der Waals surface area contributed by atoms with Crippen molar-refractivity contribution < 1.29 is 4.42 Å². The summed E-state index contributed by atoms with van der Waals surface area (Å²) in [5, 5.41) is 8.92. The number of hydrogen-bond donors (Lipinski definition) is 0. The standard InChI is InChI=1S/C55H33N5O/c1-3-16-34(17-4-1)53-56-54(58-55(57-53)50-39-23-8-7-18-35(39)33-48-49(50)44-26-11-14-29-47(44)61-48)36-19-15-22-38(32-36)60-46-28-13-10-25-41(46)43-31-30-42-40-24-9-12-27-45(40)59(51(42)52(43)60)37-20-5-2-6-21-37/h1-33H. The highest BCUT2D eigenvalue weighted by Gasteiger charge is 2.23. The highest BCUT2D eigenvalue weighted by molar-refractivity contribution is 6.24. The lowest BCUT2D eigenvalue weighted by atomic mass is 9.98. The molecule has 6 heteroatoms. The summed E-state index contributed by atoms with van der Waals surface area (Å²) in [7, 11) is 0. The van der Waals surface area contributed by atoms with Crippen LogP contribution in [0, 0.1) is 0 Å². The van der Waals surface area contributed by atoms with Crippen LogP contribution in [0.1, 0.15) is 0 Å². The van der Waals surface area contributed by atoms with Crippen LogP contribution in [0.4, 0.5) is 0 Å². The van der Waals surface area contributed by atoms with Gasteiger partial charge in [0.2, 0.25) is 0 Å². The maximum absolute atomic E-state index is 6.49. The number of nitrogens with zero attached hydrogens (tertiary/aromatic N) is 5. The largest absolute Gasteiger partial charge is 0.456 e. The molecule has 0 bridgehead atoms. The first-order chi connectivity index (χ1) is 30.3. The van der Waals surface area contributed by atoms with Gasteiger partial charge in [-0.1, -0.05) is 152 Å². The summed E-state index contributed by atoms with van der Waals surface area (Å²) in [5.74, 6) is 1.78. The molecule has 61 heavy (non-hydrogen) atoms. The highest BCUT2D eigenvalue weighted by atomic mass is 16.3. The molecule has 0 aliphatic rings. The molecule has 4 aromatic heterocycles. The molecular weight excluding hydrogens is 747 g/mol. The Hall–Kier alpha value is -8.35. The van der Waals surface area contributed by atoms with E-state index in [9.17, 15) is 0 Å². The second-order valence-corrected chi connectivity index (χ2v) is 15.6. The molecule has 0 aliphatic heterocycles. The Balaban J connectivity index is 1.10. The fraction of sp³-hybridized carbons (Fsp3) is 0. The van der Waals surface area contributed by atoms with Crippen LogP contribution in [0.3, 0.4) is 0 Å². The van der Waals surface area contributed by atoms with E-state index in [-0.39, 0.29) is 0 Å². The van der Waals surface area contributed by atoms with E-state index in [1.54, 1.807) is 0 Å². The van der Waals surface area contributed by atoms with Gasteiger partial charge in [0.25, 0.3) is 0 Å². The number of para-hydroxylation sites is 4. The van der Waals surface area contributed by atoms with Crippen molar-refractivity contribution >= 4 is 76.3 Å². The molecule has 13 rings (SSSR count). The van der Waals surface area contributed by atoms with Crippen molar-refractivity contribution in [1.29, 1.82) is 0 Å². The number of hydrogen-bond acceptors (Lipinski definition) is 4. The Bertz CT molecular complexity index is 3880. The van der Waals surface area contributed by atoms with E-state index in [0.29, 0.717) is 17.5 Å². The van der Waals surface area contributed by atoms with Crippen LogP contribution in [0.15, 0.2) is 205 Å². The molecule has 0 N–H and O–H groups in total. The summed E-state index contributed by atoms with van der Waals surface area (Å²) < 4.78 is 11.3. The molecule has 0 atom stereocenters. The fourth-order valence-electron chi connectivity index (χ4n) is 9.51. The minimum atomic E-state index is 0.587. The molecule has 9 aromatic carbocycles. The van der Waals surface area contributed by atoms with Crippen molar-refractivity contribution in [2.45, 2.75) is 0 Å². The zero-order valence-electron chi connectivity index (χ0n) is 32.7. The molecule has 0 spiro atoms. The zero-order valence-corrected chi connectivity index (χ0v) is 32.7. The summed E-state index contributed by atoms with van der Waals surface area (Å²) in [5.41, 5.74) is 11.1. The Morgan fingerprint density at radius 1 is 0.344 bits per heavy atom. The van der Waals surface area contributed by atoms with Gasteiger partial charge in [0.1, 0.15) is 11.2 Å². The average Bonchev–Trinajstić information content (AvgIpc) is 3.99. The lowest BCUT2D eigenvalue weighted by molar-refractivity contribution is 0.669. The topological polar surface area (TPSA) is 61.7 Å². The predicted molar refractivity (Wildman–Crippen MR) is 250 cm³/mol. The summed E-state index contributed by atoms with van der Waals surface area (Å²) in [6, 6.07) is 70.2. The van der Waals surface area contributed by atoms with Gasteiger partial charge in [-0.05, 0) is 59.3 Å². The van der Waals surface area contributed by atoms with Crippen molar-refractivity contribution in [3.8, 4) is 45.5 Å². The van der Waals surface area contributed by atoms with E-state index in [2.05, 4.69) is 179 Å². The monoisotopic (exact) mass is 779 g/mol. The fourth-order valence-corrected chi connectivity index (χ4v) is 9.51. The van der Waals surface area contributed by atoms with Crippen LogP contribution in [0.5, 0.6) is 0 Å². The van der Waals surface area contributed by atoms with Crippen LogP contribution < -0.4 is 0 Å². The first-order valence-electron chi connectivity index (χ1n) is 20.5. The smallest absolute Gasteiger partial charge is 0.165 e. The van der Waals surface area contributed by atoms with E-state index in [1.807, 2.05) is 30.3 Å². The lowest BCUT2D eigenvalue weighted by Gasteiger charge is -2.14. The summed E-state index contributed by atoms with van der Waals surface area (Å²) in [6.45, 7) is 0. The minimum Gasteiger partial charge on any atom is -0.456 e. The lowest BCUT2D eigenvalue weighted by Crippen LogP contribution is -2.02. The average molecular weight is 780 g/mol. The Labute approximate surface area is 349 Å². The van der Waals surface area contributed by atoms with Crippen molar-refractivity contribution in [3.05, 3.63) is 200 Å². The molecule has 0 unspecified atom stereocenters. The molecule has 0 amide bonds. The Morgan fingerprint density at radius 3 is 1.59 bits per heavy atom. The van der Waals surface area contributed by atoms with Gasteiger partial charge >= 0.3 is 0 Å². The molecule has 284 valence electrons. The van der Waals surface area contributed by atoms with E-state index in [4.69, 9.17) is 19.4 Å². The van der Waals surface area contributed by atoms with Gasteiger partial charge in [0.05, 0.1) is 22.1 Å². The third-order valence-corrected chi connectivity index (χ3v) is 12.1. The van der Waals surface area contributed by atoms with E-state index in [1.165, 1.54) is 27.1 Å². The Morgan fingerprint density at radius 2 is 0.869 bits per heavy atom. The third kappa shape index (κ3) is 5.06. The number of furan rings is 1. The normalized spacial score (nSPS) is 11.9. The molecular formula is C55H33N5O. The molecule has 0 fully saturated rings. The number of rotatable bonds is 5. The van der Waals surface area contributed by atoms with Gasteiger partial charge in [0.15, 0.2) is 17.5 Å². The van der Waals surface area contributed by atoms with E-state index in [0.717, 1.165) is 77.3 Å². The second kappa shape index (κ2) is 13.1. The first kappa shape index (κ1) is 33.6. The molecule has 13 aromatic rings. The summed E-state index contributed by atoms with van der Waals surface area (Å²) in [4.78, 5) is 15.9. The van der Waals surface area contributed by atoms with Crippen molar-refractivity contribution in [3.63, 3.8) is 0 Å². The summed E-state index contributed by atoms with van der Waals surface area (Å²) >= 11 is 0. The van der Waals surface area contributed by atoms with Gasteiger partial charge in [-0.2, -0.15) is 0 Å². The van der Waals surface area contributed by atoms with Crippen molar-refractivity contribution in [1.82, 2.24) is 24.1 Å². The number of benzene rings is 9. The molecule has 0 saturated carbocycles. The van der Waals surface area contributed by atoms with E-state index < -0.39 is 0 Å². The molecule has 0 saturated heterocycles. The first-order valence-corrected chi connectivity index (χ1v) is 20.5. The second-order valence-electron chi connectivity index (χ2n) is 15.6. The van der Waals surface area contributed by atoms with Gasteiger partial charge in [-0.3, -0.25) is 0 Å². The SMILES string of the molecule is c1ccc(-c2nc(-c3cccc(-n4c5ccccc5c5ccc6c7ccccc7n(-c7ccccc7)c6c54)c3)nc(-c3c4ccccc4cc4oc5ccccc5c34)n2)cc1. The van der Waals surface area contributed by atoms with Gasteiger partial charge in [-0.25, -0.2) is 15.0 Å². The number of fused-ring (bicyclic) bond motifs is 11.